The van der Waals surface area contributed by atoms with Gasteiger partial charge in [0.05, 0.1) is 18.6 Å². The van der Waals surface area contributed by atoms with E-state index in [0.29, 0.717) is 30.1 Å². The van der Waals surface area contributed by atoms with Crippen LogP contribution in [0.15, 0.2) is 28.8 Å². The van der Waals surface area contributed by atoms with Crippen molar-refractivity contribution in [3.05, 3.63) is 41.2 Å². The van der Waals surface area contributed by atoms with E-state index in [2.05, 4.69) is 17.0 Å². The van der Waals surface area contributed by atoms with Gasteiger partial charge in [0, 0.05) is 31.3 Å². The molecule has 1 aliphatic rings. The summed E-state index contributed by atoms with van der Waals surface area (Å²) in [5.74, 6) is 1.50. The third kappa shape index (κ3) is 5.26. The van der Waals surface area contributed by atoms with E-state index in [-0.39, 0.29) is 24.3 Å². The van der Waals surface area contributed by atoms with E-state index in [4.69, 9.17) is 18.7 Å². The summed E-state index contributed by atoms with van der Waals surface area (Å²) in [6.07, 6.45) is 4.85. The van der Waals surface area contributed by atoms with Crippen molar-refractivity contribution in [3.8, 4) is 17.2 Å². The van der Waals surface area contributed by atoms with Crippen LogP contribution in [0.4, 0.5) is 10.2 Å². The first-order valence-electron chi connectivity index (χ1n) is 11.9. The number of aromatic nitrogens is 1. The minimum Gasteiger partial charge on any atom is -0.493 e. The Labute approximate surface area is 206 Å². The molecule has 2 aromatic carbocycles. The first-order valence-corrected chi connectivity index (χ1v) is 11.9. The average Bonchev–Trinajstić information content (AvgIpc) is 3.25. The molecule has 1 saturated heterocycles. The Hall–Kier alpha value is -2.51. The van der Waals surface area contributed by atoms with Crippen LogP contribution < -0.4 is 14.4 Å². The van der Waals surface area contributed by atoms with Crippen molar-refractivity contribution < 1.29 is 23.1 Å². The minimum atomic E-state index is -0.471. The number of hydrogen-bond donors (Lipinski definition) is 0. The van der Waals surface area contributed by atoms with Crippen LogP contribution in [-0.2, 0) is 11.2 Å². The summed E-state index contributed by atoms with van der Waals surface area (Å²) < 4.78 is 38.3. The molecule has 4 rings (SSSR count). The highest BCUT2D eigenvalue weighted by Gasteiger charge is 2.26. The van der Waals surface area contributed by atoms with Crippen molar-refractivity contribution in [2.45, 2.75) is 59.0 Å². The largest absolute Gasteiger partial charge is 0.493 e. The van der Waals surface area contributed by atoms with Crippen LogP contribution in [0, 0.1) is 5.82 Å². The molecule has 8 heteroatoms. The number of anilines is 1. The predicted molar refractivity (Wildman–Crippen MR) is 134 cm³/mol. The van der Waals surface area contributed by atoms with Crippen molar-refractivity contribution in [3.63, 3.8) is 0 Å². The lowest BCUT2D eigenvalue weighted by Crippen LogP contribution is -2.29. The zero-order chi connectivity index (χ0) is 23.4. The summed E-state index contributed by atoms with van der Waals surface area (Å²) >= 11 is 0. The van der Waals surface area contributed by atoms with Crippen LogP contribution in [-0.4, -0.2) is 32.0 Å². The number of rotatable bonds is 9. The van der Waals surface area contributed by atoms with Crippen molar-refractivity contribution in [1.29, 1.82) is 0 Å². The van der Waals surface area contributed by atoms with Gasteiger partial charge in [0.1, 0.15) is 0 Å². The number of nitrogens with zero attached hydrogens (tertiary/aromatic N) is 2. The third-order valence-corrected chi connectivity index (χ3v) is 6.19. The Morgan fingerprint density at radius 3 is 2.56 bits per heavy atom. The molecule has 1 unspecified atom stereocenters. The molecule has 0 spiro atoms. The molecule has 0 amide bonds. The van der Waals surface area contributed by atoms with Crippen LogP contribution in [0.25, 0.3) is 11.0 Å². The van der Waals surface area contributed by atoms with Gasteiger partial charge in [0.25, 0.3) is 0 Å². The molecule has 6 nitrogen and oxygen atoms in total. The number of fused-ring (bicyclic) bond motifs is 1. The number of ether oxygens (including phenoxy) is 3. The Bertz CT molecular complexity index is 1100. The van der Waals surface area contributed by atoms with E-state index >= 15 is 4.39 Å². The fourth-order valence-electron chi connectivity index (χ4n) is 4.51. The van der Waals surface area contributed by atoms with E-state index in [0.717, 1.165) is 54.7 Å². The number of halogens is 2. The van der Waals surface area contributed by atoms with Crippen molar-refractivity contribution in [2.24, 2.45) is 0 Å². The second kappa shape index (κ2) is 11.8. The van der Waals surface area contributed by atoms with Gasteiger partial charge in [0.2, 0.25) is 0 Å². The number of methoxy groups -OCH3 is 1. The van der Waals surface area contributed by atoms with Gasteiger partial charge in [-0.25, -0.2) is 4.39 Å². The molecule has 3 aromatic rings. The van der Waals surface area contributed by atoms with E-state index in [1.54, 1.807) is 7.11 Å². The van der Waals surface area contributed by atoms with E-state index in [9.17, 15) is 0 Å². The van der Waals surface area contributed by atoms with E-state index in [1.807, 2.05) is 32.0 Å². The Morgan fingerprint density at radius 2 is 1.88 bits per heavy atom. The summed E-state index contributed by atoms with van der Waals surface area (Å²) in [5, 5.41) is 5.17. The number of aryl methyl sites for hydroxylation is 1. The van der Waals surface area contributed by atoms with Gasteiger partial charge in [0.15, 0.2) is 34.5 Å². The molecule has 1 fully saturated rings. The normalized spacial score (nSPS) is 14.7. The standard InChI is InChI=1S/C26H33FN2O4.ClH/c1-5-10-19-24-23(33-28-26(24)29-13-8-7-9-14-29)16-20(27)25(19)32-21-12-11-18(15-22(21)30-4)17(3)31-6-2;/h11-12,15-17H,5-10,13-14H2,1-4H3;1H. The maximum Gasteiger partial charge on any atom is 0.180 e. The quantitative estimate of drug-likeness (QED) is 0.314. The van der Waals surface area contributed by atoms with Crippen LogP contribution >= 0.6 is 12.4 Å². The Balaban J connectivity index is 0.00000324. The SMILES string of the molecule is CCCc1c(Oc2ccc(C(C)OCC)cc2OC)c(F)cc2onc(N3CCCCC3)c12.Cl. The van der Waals surface area contributed by atoms with Gasteiger partial charge in [-0.3, -0.25) is 0 Å². The van der Waals surface area contributed by atoms with E-state index < -0.39 is 5.82 Å². The van der Waals surface area contributed by atoms with Gasteiger partial charge in [-0.2, -0.15) is 0 Å². The zero-order valence-electron chi connectivity index (χ0n) is 20.4. The second-order valence-corrected chi connectivity index (χ2v) is 8.45. The number of benzene rings is 2. The first kappa shape index (κ1) is 26.1. The second-order valence-electron chi connectivity index (χ2n) is 8.45. The number of hydrogen-bond acceptors (Lipinski definition) is 6. The maximum absolute atomic E-state index is 15.3. The van der Waals surface area contributed by atoms with Crippen LogP contribution in [0.3, 0.4) is 0 Å². The van der Waals surface area contributed by atoms with Gasteiger partial charge in [-0.05, 0) is 57.2 Å². The van der Waals surface area contributed by atoms with Crippen molar-refractivity contribution in [1.82, 2.24) is 5.16 Å². The fourth-order valence-corrected chi connectivity index (χ4v) is 4.51. The molecule has 0 bridgehead atoms. The summed E-state index contributed by atoms with van der Waals surface area (Å²) in [4.78, 5) is 2.24. The molecule has 1 aromatic heterocycles. The molecule has 0 N–H and O–H groups in total. The maximum atomic E-state index is 15.3. The highest BCUT2D eigenvalue weighted by Crippen LogP contribution is 2.42. The van der Waals surface area contributed by atoms with E-state index in [1.165, 1.54) is 12.5 Å². The average molecular weight is 493 g/mol. The molecule has 1 aliphatic heterocycles. The molecule has 186 valence electrons. The lowest BCUT2D eigenvalue weighted by Gasteiger charge is -2.27. The molecular formula is C26H34ClFN2O4. The molecule has 0 aliphatic carbocycles. The van der Waals surface area contributed by atoms with Crippen molar-refractivity contribution >= 4 is 29.2 Å². The summed E-state index contributed by atoms with van der Waals surface area (Å²) in [6, 6.07) is 6.99. The summed E-state index contributed by atoms with van der Waals surface area (Å²) in [5.41, 5.74) is 2.21. The fraction of sp³-hybridized carbons (Fsp3) is 0.500. The first-order chi connectivity index (χ1) is 16.1. The van der Waals surface area contributed by atoms with Gasteiger partial charge in [-0.15, -0.1) is 12.4 Å². The summed E-state index contributed by atoms with van der Waals surface area (Å²) in [6.45, 7) is 8.48. The van der Waals surface area contributed by atoms with Gasteiger partial charge < -0.3 is 23.6 Å². The lowest BCUT2D eigenvalue weighted by molar-refractivity contribution is 0.0762. The predicted octanol–water partition coefficient (Wildman–Crippen LogP) is 7.23. The highest BCUT2D eigenvalue weighted by molar-refractivity contribution is 5.93. The molecule has 34 heavy (non-hydrogen) atoms. The van der Waals surface area contributed by atoms with Crippen molar-refractivity contribution in [2.75, 3.05) is 31.7 Å². The monoisotopic (exact) mass is 492 g/mol. The van der Waals surface area contributed by atoms with Crippen LogP contribution in [0.2, 0.25) is 0 Å². The molecule has 0 saturated carbocycles. The summed E-state index contributed by atoms with van der Waals surface area (Å²) in [7, 11) is 1.58. The zero-order valence-corrected chi connectivity index (χ0v) is 21.2. The molecule has 2 heterocycles. The minimum absolute atomic E-state index is 0. The van der Waals surface area contributed by atoms with Gasteiger partial charge in [-0.1, -0.05) is 24.6 Å². The Morgan fingerprint density at radius 1 is 1.12 bits per heavy atom. The number of piperidine rings is 1. The molecule has 0 radical (unpaired) electrons. The lowest BCUT2D eigenvalue weighted by atomic mass is 10.0. The van der Waals surface area contributed by atoms with Gasteiger partial charge >= 0.3 is 0 Å². The smallest absolute Gasteiger partial charge is 0.180 e. The van der Waals surface area contributed by atoms with Crippen LogP contribution in [0.1, 0.15) is 63.7 Å². The van der Waals surface area contributed by atoms with Crippen LogP contribution in [0.5, 0.6) is 17.2 Å². The third-order valence-electron chi connectivity index (χ3n) is 6.19. The molecular weight excluding hydrogens is 459 g/mol. The Kier molecular flexibility index (Phi) is 9.03. The highest BCUT2D eigenvalue weighted by atomic mass is 35.5. The molecule has 1 atom stereocenters. The topological polar surface area (TPSA) is 57.0 Å².